The Morgan fingerprint density at radius 3 is 3.00 bits per heavy atom. The molecule has 2 aromatic rings. The van der Waals surface area contributed by atoms with E-state index in [-0.39, 0.29) is 0 Å². The van der Waals surface area contributed by atoms with Crippen molar-refractivity contribution in [2.45, 2.75) is 12.8 Å². The van der Waals surface area contributed by atoms with Gasteiger partial charge in [-0.1, -0.05) is 0 Å². The van der Waals surface area contributed by atoms with Gasteiger partial charge in [-0.15, -0.1) is 11.3 Å². The lowest BCUT2D eigenvalue weighted by atomic mass is 10.1. The lowest BCUT2D eigenvalue weighted by Crippen LogP contribution is -1.99. The lowest BCUT2D eigenvalue weighted by molar-refractivity contribution is 0.582. The number of hydrogen-bond donors (Lipinski definition) is 1. The van der Waals surface area contributed by atoms with Gasteiger partial charge in [0.25, 0.3) is 0 Å². The Bertz CT molecular complexity index is 378. The molecule has 0 aliphatic rings. The molecule has 2 heterocycles. The van der Waals surface area contributed by atoms with Crippen molar-refractivity contribution >= 4 is 11.3 Å². The van der Waals surface area contributed by atoms with Gasteiger partial charge in [0.2, 0.25) is 0 Å². The van der Waals surface area contributed by atoms with Crippen LogP contribution < -0.4 is 5.73 Å². The van der Waals surface area contributed by atoms with Crippen LogP contribution >= 0.6 is 11.3 Å². The number of hydrogen-bond acceptors (Lipinski definition) is 3. The Kier molecular flexibility index (Phi) is 3.01. The van der Waals surface area contributed by atoms with Crippen LogP contribution in [0, 0.1) is 0 Å². The van der Waals surface area contributed by atoms with E-state index in [9.17, 15) is 0 Å². The zero-order valence-electron chi connectivity index (χ0n) is 7.90. The van der Waals surface area contributed by atoms with Crippen molar-refractivity contribution < 1.29 is 4.42 Å². The minimum Gasteiger partial charge on any atom is -0.464 e. The fourth-order valence-corrected chi connectivity index (χ4v) is 2.37. The summed E-state index contributed by atoms with van der Waals surface area (Å²) >= 11 is 1.77. The van der Waals surface area contributed by atoms with Gasteiger partial charge in [-0.3, -0.25) is 0 Å². The first-order valence-corrected chi connectivity index (χ1v) is 5.60. The summed E-state index contributed by atoms with van der Waals surface area (Å²) in [5.74, 6) is 0.957. The first-order valence-electron chi connectivity index (χ1n) is 4.72. The normalized spacial score (nSPS) is 10.6. The van der Waals surface area contributed by atoms with Gasteiger partial charge in [0.15, 0.2) is 0 Å². The first-order chi connectivity index (χ1) is 6.92. The summed E-state index contributed by atoms with van der Waals surface area (Å²) < 4.78 is 5.37. The van der Waals surface area contributed by atoms with E-state index in [1.807, 2.05) is 12.1 Å². The molecule has 0 radical (unpaired) electrons. The molecule has 0 bridgehead atoms. The molecule has 2 aromatic heterocycles. The molecule has 2 N–H and O–H groups in total. The molecule has 0 atom stereocenters. The molecular weight excluding hydrogens is 194 g/mol. The highest BCUT2D eigenvalue weighted by atomic mass is 32.1. The van der Waals surface area contributed by atoms with Crippen LogP contribution in [0.3, 0.4) is 0 Å². The second-order valence-corrected chi connectivity index (χ2v) is 4.13. The number of nitrogens with two attached hydrogens (primary N) is 1. The van der Waals surface area contributed by atoms with Crippen molar-refractivity contribution in [3.05, 3.63) is 34.7 Å². The molecule has 0 aliphatic heterocycles. The maximum Gasteiger partial charge on any atom is 0.134 e. The highest BCUT2D eigenvalue weighted by molar-refractivity contribution is 7.10. The third kappa shape index (κ3) is 1.89. The molecule has 0 fully saturated rings. The van der Waals surface area contributed by atoms with E-state index in [1.54, 1.807) is 17.6 Å². The van der Waals surface area contributed by atoms with Gasteiger partial charge in [-0.05, 0) is 43.0 Å². The summed E-state index contributed by atoms with van der Waals surface area (Å²) in [6.45, 7) is 0.746. The fraction of sp³-hybridized carbons (Fsp3) is 0.273. The molecule has 14 heavy (non-hydrogen) atoms. The van der Waals surface area contributed by atoms with Crippen molar-refractivity contribution in [3.63, 3.8) is 0 Å². The summed E-state index contributed by atoms with van der Waals surface area (Å²) in [6, 6.07) is 6.02. The average Bonchev–Trinajstić information content (AvgIpc) is 2.84. The maximum absolute atomic E-state index is 5.50. The van der Waals surface area contributed by atoms with E-state index in [0.29, 0.717) is 0 Å². The number of aryl methyl sites for hydroxylation is 1. The van der Waals surface area contributed by atoms with E-state index in [0.717, 1.165) is 25.1 Å². The third-order valence-electron chi connectivity index (χ3n) is 2.14. The molecule has 2 nitrogen and oxygen atoms in total. The first kappa shape index (κ1) is 9.49. The van der Waals surface area contributed by atoms with E-state index >= 15 is 0 Å². The number of rotatable bonds is 4. The predicted molar refractivity (Wildman–Crippen MR) is 59.4 cm³/mol. The van der Waals surface area contributed by atoms with E-state index < -0.39 is 0 Å². The van der Waals surface area contributed by atoms with Gasteiger partial charge in [0.1, 0.15) is 5.76 Å². The predicted octanol–water partition coefficient (Wildman–Crippen LogP) is 2.90. The molecule has 0 spiro atoms. The Hall–Kier alpha value is -1.06. The van der Waals surface area contributed by atoms with Crippen LogP contribution in [-0.4, -0.2) is 6.54 Å². The molecule has 2 rings (SSSR count). The fourth-order valence-electron chi connectivity index (χ4n) is 1.45. The summed E-state index contributed by atoms with van der Waals surface area (Å²) in [5, 5.41) is 2.10. The quantitative estimate of drug-likeness (QED) is 0.837. The van der Waals surface area contributed by atoms with Gasteiger partial charge in [0, 0.05) is 10.4 Å². The van der Waals surface area contributed by atoms with E-state index in [2.05, 4.69) is 11.4 Å². The monoisotopic (exact) mass is 207 g/mol. The molecule has 74 valence electrons. The topological polar surface area (TPSA) is 39.2 Å². The Morgan fingerprint density at radius 1 is 1.36 bits per heavy atom. The summed E-state index contributed by atoms with van der Waals surface area (Å²) in [5.41, 5.74) is 6.71. The maximum atomic E-state index is 5.50. The molecule has 3 heteroatoms. The largest absolute Gasteiger partial charge is 0.464 e. The highest BCUT2D eigenvalue weighted by Gasteiger charge is 2.07. The third-order valence-corrected chi connectivity index (χ3v) is 3.12. The van der Waals surface area contributed by atoms with E-state index in [1.165, 1.54) is 10.4 Å². The Morgan fingerprint density at radius 2 is 2.29 bits per heavy atom. The van der Waals surface area contributed by atoms with Crippen LogP contribution in [-0.2, 0) is 6.42 Å². The van der Waals surface area contributed by atoms with Gasteiger partial charge >= 0.3 is 0 Å². The summed E-state index contributed by atoms with van der Waals surface area (Å²) in [7, 11) is 0. The average molecular weight is 207 g/mol. The van der Waals surface area contributed by atoms with Crippen molar-refractivity contribution in [1.29, 1.82) is 0 Å². The van der Waals surface area contributed by atoms with Gasteiger partial charge in [-0.25, -0.2) is 0 Å². The van der Waals surface area contributed by atoms with Crippen LogP contribution in [0.4, 0.5) is 0 Å². The Balaban J connectivity index is 2.22. The molecule has 0 unspecified atom stereocenters. The van der Waals surface area contributed by atoms with Crippen LogP contribution in [0.1, 0.15) is 11.3 Å². The molecule has 0 aliphatic carbocycles. The van der Waals surface area contributed by atoms with Gasteiger partial charge in [0.05, 0.1) is 6.26 Å². The molecule has 0 saturated carbocycles. The minimum atomic E-state index is 0.746. The standard InChI is InChI=1S/C11H13NOS/c12-6-1-4-11-9(5-8-14-11)10-3-2-7-13-10/h2-3,5,7-8H,1,4,6,12H2. The molecular formula is C11H13NOS. The highest BCUT2D eigenvalue weighted by Crippen LogP contribution is 2.29. The van der Waals surface area contributed by atoms with E-state index in [4.69, 9.17) is 10.2 Å². The van der Waals surface area contributed by atoms with Crippen molar-refractivity contribution in [2.24, 2.45) is 5.73 Å². The molecule has 0 aromatic carbocycles. The summed E-state index contributed by atoms with van der Waals surface area (Å²) in [6.07, 6.45) is 3.79. The van der Waals surface area contributed by atoms with Crippen LogP contribution in [0.15, 0.2) is 34.3 Å². The van der Waals surface area contributed by atoms with Crippen molar-refractivity contribution in [1.82, 2.24) is 0 Å². The van der Waals surface area contributed by atoms with Crippen LogP contribution in [0.25, 0.3) is 11.3 Å². The second kappa shape index (κ2) is 4.44. The minimum absolute atomic E-state index is 0.746. The zero-order valence-corrected chi connectivity index (χ0v) is 8.72. The van der Waals surface area contributed by atoms with Gasteiger partial charge < -0.3 is 10.2 Å². The number of furan rings is 1. The second-order valence-electron chi connectivity index (χ2n) is 3.13. The van der Waals surface area contributed by atoms with Crippen LogP contribution in [0.2, 0.25) is 0 Å². The zero-order chi connectivity index (χ0) is 9.80. The summed E-state index contributed by atoms with van der Waals surface area (Å²) in [4.78, 5) is 1.37. The number of thiophene rings is 1. The SMILES string of the molecule is NCCCc1sccc1-c1ccco1. The lowest BCUT2D eigenvalue weighted by Gasteiger charge is -1.99. The molecule has 0 saturated heterocycles. The van der Waals surface area contributed by atoms with Gasteiger partial charge in [-0.2, -0.15) is 0 Å². The van der Waals surface area contributed by atoms with Crippen molar-refractivity contribution in [2.75, 3.05) is 6.54 Å². The van der Waals surface area contributed by atoms with Crippen molar-refractivity contribution in [3.8, 4) is 11.3 Å². The van der Waals surface area contributed by atoms with Crippen LogP contribution in [0.5, 0.6) is 0 Å². The molecule has 0 amide bonds. The Labute approximate surface area is 87.4 Å². The smallest absolute Gasteiger partial charge is 0.134 e.